The van der Waals surface area contributed by atoms with E-state index in [1.54, 1.807) is 6.07 Å². The molecule has 0 bridgehead atoms. The largest absolute Gasteiger partial charge is 0.493 e. The molecule has 2 aromatic rings. The van der Waals surface area contributed by atoms with E-state index in [-0.39, 0.29) is 0 Å². The van der Waals surface area contributed by atoms with Gasteiger partial charge in [0, 0.05) is 21.2 Å². The van der Waals surface area contributed by atoms with Gasteiger partial charge in [0.1, 0.15) is 5.75 Å². The van der Waals surface area contributed by atoms with E-state index >= 15 is 0 Å². The molecule has 0 saturated carbocycles. The molecule has 0 radical (unpaired) electrons. The molecule has 21 heavy (non-hydrogen) atoms. The maximum absolute atomic E-state index is 6.28. The Hall–Kier alpha value is -0.930. The molecule has 0 fully saturated rings. The van der Waals surface area contributed by atoms with E-state index in [2.05, 4.69) is 5.73 Å². The van der Waals surface area contributed by atoms with E-state index in [0.717, 1.165) is 41.9 Å². The fourth-order valence-electron chi connectivity index (χ4n) is 2.35. The van der Waals surface area contributed by atoms with Crippen LogP contribution >= 0.6 is 34.8 Å². The van der Waals surface area contributed by atoms with Gasteiger partial charge < -0.3 is 10.5 Å². The van der Waals surface area contributed by atoms with Crippen molar-refractivity contribution in [2.45, 2.75) is 12.8 Å². The van der Waals surface area contributed by atoms with Crippen molar-refractivity contribution in [1.82, 2.24) is 0 Å². The topological polar surface area (TPSA) is 35.2 Å². The Kier molecular flexibility index (Phi) is 5.77. The van der Waals surface area contributed by atoms with Crippen molar-refractivity contribution in [3.63, 3.8) is 0 Å². The van der Waals surface area contributed by atoms with Crippen LogP contribution in [0.1, 0.15) is 12.0 Å². The molecule has 0 aliphatic carbocycles. The van der Waals surface area contributed by atoms with Gasteiger partial charge in [-0.25, -0.2) is 0 Å². The highest BCUT2D eigenvalue weighted by Gasteiger charge is 2.18. The second-order valence-corrected chi connectivity index (χ2v) is 5.80. The molecule has 2 nitrogen and oxygen atoms in total. The standard InChI is InChI=1S/C15H11Cl3O.CH5N/c16-10-3-4-12(14(18)8-10)13-7-11(17)6-9-2-1-5-19-15(9)13;1-2/h3-4,6-8H,1-2,5H2;2H2,1H3. The van der Waals surface area contributed by atoms with Crippen molar-refractivity contribution in [2.75, 3.05) is 13.7 Å². The van der Waals surface area contributed by atoms with Crippen LogP contribution in [-0.4, -0.2) is 13.7 Å². The van der Waals surface area contributed by atoms with Crippen molar-refractivity contribution >= 4 is 34.8 Å². The molecular formula is C16H16Cl3NO. The first-order valence-corrected chi connectivity index (χ1v) is 7.77. The molecule has 2 N–H and O–H groups in total. The van der Waals surface area contributed by atoms with Crippen LogP contribution in [0.3, 0.4) is 0 Å². The Labute approximate surface area is 139 Å². The maximum Gasteiger partial charge on any atom is 0.130 e. The number of aryl methyl sites for hydroxylation is 1. The summed E-state index contributed by atoms with van der Waals surface area (Å²) in [5.74, 6) is 0.889. The summed E-state index contributed by atoms with van der Waals surface area (Å²) >= 11 is 18.4. The van der Waals surface area contributed by atoms with E-state index in [0.29, 0.717) is 15.1 Å². The van der Waals surface area contributed by atoms with Gasteiger partial charge >= 0.3 is 0 Å². The molecule has 0 amide bonds. The van der Waals surface area contributed by atoms with Crippen molar-refractivity contribution in [3.8, 4) is 16.9 Å². The second kappa shape index (κ2) is 7.37. The van der Waals surface area contributed by atoms with Gasteiger partial charge in [-0.1, -0.05) is 40.9 Å². The molecule has 0 aromatic heterocycles. The van der Waals surface area contributed by atoms with E-state index in [9.17, 15) is 0 Å². The normalized spacial score (nSPS) is 12.8. The fourth-order valence-corrected chi connectivity index (χ4v) is 3.10. The van der Waals surface area contributed by atoms with Crippen LogP contribution in [-0.2, 0) is 6.42 Å². The van der Waals surface area contributed by atoms with Gasteiger partial charge in [0.05, 0.1) is 11.6 Å². The molecule has 0 atom stereocenters. The summed E-state index contributed by atoms with van der Waals surface area (Å²) in [6.45, 7) is 0.729. The van der Waals surface area contributed by atoms with Crippen molar-refractivity contribution in [3.05, 3.63) is 51.0 Å². The van der Waals surface area contributed by atoms with Crippen LogP contribution in [0.2, 0.25) is 15.1 Å². The summed E-state index contributed by atoms with van der Waals surface area (Å²) in [4.78, 5) is 0. The second-order valence-electron chi connectivity index (χ2n) is 4.52. The third-order valence-electron chi connectivity index (χ3n) is 3.19. The van der Waals surface area contributed by atoms with Gasteiger partial charge in [-0.3, -0.25) is 0 Å². The molecule has 1 aliphatic rings. The summed E-state index contributed by atoms with van der Waals surface area (Å²) in [5.41, 5.74) is 7.47. The number of benzene rings is 2. The van der Waals surface area contributed by atoms with Gasteiger partial charge in [-0.05, 0) is 49.7 Å². The SMILES string of the molecule is CN.Clc1ccc(-c2cc(Cl)cc3c2OCCC3)c(Cl)c1. The molecule has 2 aromatic carbocycles. The summed E-state index contributed by atoms with van der Waals surface area (Å²) in [5, 5.41) is 1.92. The van der Waals surface area contributed by atoms with Crippen molar-refractivity contribution < 1.29 is 4.74 Å². The third-order valence-corrected chi connectivity index (χ3v) is 3.95. The number of halogens is 3. The van der Waals surface area contributed by atoms with Crippen LogP contribution in [0.4, 0.5) is 0 Å². The zero-order chi connectivity index (χ0) is 15.4. The molecule has 112 valence electrons. The maximum atomic E-state index is 6.28. The Balaban J connectivity index is 0.000000774. The lowest BCUT2D eigenvalue weighted by atomic mass is 9.97. The quantitative estimate of drug-likeness (QED) is 0.770. The number of nitrogens with two attached hydrogens (primary N) is 1. The predicted octanol–water partition coefficient (Wildman–Crippen LogP) is 5.21. The van der Waals surface area contributed by atoms with Gasteiger partial charge in [0.2, 0.25) is 0 Å². The minimum absolute atomic E-state index is 0.603. The van der Waals surface area contributed by atoms with E-state index in [1.807, 2.05) is 24.3 Å². The van der Waals surface area contributed by atoms with Gasteiger partial charge in [-0.15, -0.1) is 0 Å². The molecule has 1 aliphatic heterocycles. The van der Waals surface area contributed by atoms with Crippen LogP contribution in [0.5, 0.6) is 5.75 Å². The first-order chi connectivity index (χ1) is 10.1. The third kappa shape index (κ3) is 3.64. The molecule has 0 unspecified atom stereocenters. The summed E-state index contributed by atoms with van der Waals surface area (Å²) in [6, 6.07) is 9.30. The minimum atomic E-state index is 0.603. The molecule has 5 heteroatoms. The summed E-state index contributed by atoms with van der Waals surface area (Å²) < 4.78 is 5.80. The highest BCUT2D eigenvalue weighted by atomic mass is 35.5. The Morgan fingerprint density at radius 2 is 1.71 bits per heavy atom. The molecule has 3 rings (SSSR count). The molecule has 1 heterocycles. The van der Waals surface area contributed by atoms with Crippen molar-refractivity contribution in [1.29, 1.82) is 0 Å². The Bertz CT molecular complexity index is 644. The van der Waals surface area contributed by atoms with Crippen LogP contribution in [0.15, 0.2) is 30.3 Å². The number of fused-ring (bicyclic) bond motifs is 1. The first kappa shape index (κ1) is 16.4. The minimum Gasteiger partial charge on any atom is -0.493 e. The molecule has 0 spiro atoms. The van der Waals surface area contributed by atoms with E-state index < -0.39 is 0 Å². The van der Waals surface area contributed by atoms with E-state index in [1.165, 1.54) is 7.05 Å². The lowest BCUT2D eigenvalue weighted by Gasteiger charge is -2.21. The van der Waals surface area contributed by atoms with Crippen LogP contribution in [0, 0.1) is 0 Å². The highest BCUT2D eigenvalue weighted by Crippen LogP contribution is 2.41. The number of ether oxygens (including phenoxy) is 1. The number of hydrogen-bond donors (Lipinski definition) is 1. The van der Waals surface area contributed by atoms with Crippen molar-refractivity contribution in [2.24, 2.45) is 5.73 Å². The lowest BCUT2D eigenvalue weighted by molar-refractivity contribution is 0.289. The fraction of sp³-hybridized carbons (Fsp3) is 0.250. The van der Waals surface area contributed by atoms with Gasteiger partial charge in [-0.2, -0.15) is 0 Å². The summed E-state index contributed by atoms with van der Waals surface area (Å²) in [7, 11) is 1.50. The molecule has 0 saturated heterocycles. The smallest absolute Gasteiger partial charge is 0.130 e. The molecular weight excluding hydrogens is 329 g/mol. The number of hydrogen-bond acceptors (Lipinski definition) is 2. The average molecular weight is 345 g/mol. The zero-order valence-electron chi connectivity index (χ0n) is 11.6. The Morgan fingerprint density at radius 3 is 2.43 bits per heavy atom. The highest BCUT2D eigenvalue weighted by molar-refractivity contribution is 6.36. The predicted molar refractivity (Wildman–Crippen MR) is 90.8 cm³/mol. The lowest BCUT2D eigenvalue weighted by Crippen LogP contribution is -2.09. The monoisotopic (exact) mass is 343 g/mol. The Morgan fingerprint density at radius 1 is 0.952 bits per heavy atom. The first-order valence-electron chi connectivity index (χ1n) is 6.63. The van der Waals surface area contributed by atoms with Gasteiger partial charge in [0.25, 0.3) is 0 Å². The zero-order valence-corrected chi connectivity index (χ0v) is 13.9. The van der Waals surface area contributed by atoms with E-state index in [4.69, 9.17) is 39.5 Å². The summed E-state index contributed by atoms with van der Waals surface area (Å²) in [6.07, 6.45) is 2.00. The average Bonchev–Trinajstić information content (AvgIpc) is 2.48. The van der Waals surface area contributed by atoms with Crippen LogP contribution < -0.4 is 10.5 Å². The van der Waals surface area contributed by atoms with Gasteiger partial charge in [0.15, 0.2) is 0 Å². The van der Waals surface area contributed by atoms with Crippen LogP contribution in [0.25, 0.3) is 11.1 Å². The number of rotatable bonds is 1.